The third-order valence-corrected chi connectivity index (χ3v) is 11.1. The van der Waals surface area contributed by atoms with E-state index < -0.39 is 0 Å². The summed E-state index contributed by atoms with van der Waals surface area (Å²) in [6.45, 7) is 0. The van der Waals surface area contributed by atoms with Crippen LogP contribution in [-0.4, -0.2) is 54.8 Å². The minimum Gasteiger partial charge on any atom is -0.254 e. The minimum absolute atomic E-state index is 0.474. The first-order chi connectivity index (χ1) is 30.7. The average molecular weight is 796 g/mol. The zero-order valence-electron chi connectivity index (χ0n) is 32.7. The van der Waals surface area contributed by atoms with Gasteiger partial charge in [0.25, 0.3) is 0 Å². The Morgan fingerprint density at radius 3 is 1.18 bits per heavy atom. The Bertz CT molecular complexity index is 3590. The number of fused-ring (bicyclic) bond motifs is 9. The summed E-state index contributed by atoms with van der Waals surface area (Å²) >= 11 is 0. The Morgan fingerprint density at radius 1 is 0.258 bits per heavy atom. The standard InChI is InChI=1S/C51H29N11/c1-3-8-32(9-4-1)46-53-27-55-48(60-46)34-15-19-37-40-24-35(49-56-28-54-47(61-49)33-10-5-2-6-11-33)16-20-38(40)42-26-36(17-21-39(42)41(37)25-34)50-57-29-58-51(62-50)43-22-18-31-14-13-30-12-7-23-52-44(30)45(31)59-43/h1-29H. The maximum absolute atomic E-state index is 5.00. The van der Waals surface area contributed by atoms with Crippen LogP contribution in [0, 0.1) is 0 Å². The van der Waals surface area contributed by atoms with Gasteiger partial charge < -0.3 is 0 Å². The number of aromatic nitrogens is 11. The van der Waals surface area contributed by atoms with Gasteiger partial charge in [0.2, 0.25) is 0 Å². The van der Waals surface area contributed by atoms with Crippen LogP contribution in [-0.2, 0) is 0 Å². The van der Waals surface area contributed by atoms with Crippen molar-refractivity contribution in [2.24, 2.45) is 0 Å². The lowest BCUT2D eigenvalue weighted by molar-refractivity contribution is 1.05. The predicted octanol–water partition coefficient (Wildman–Crippen LogP) is 10.8. The molecule has 11 nitrogen and oxygen atoms in total. The van der Waals surface area contributed by atoms with Crippen molar-refractivity contribution in [3.63, 3.8) is 0 Å². The fourth-order valence-corrected chi connectivity index (χ4v) is 8.15. The monoisotopic (exact) mass is 795 g/mol. The zero-order chi connectivity index (χ0) is 41.0. The van der Waals surface area contributed by atoms with Gasteiger partial charge in [0.15, 0.2) is 34.9 Å². The molecule has 11 heteroatoms. The van der Waals surface area contributed by atoms with E-state index in [1.54, 1.807) is 25.2 Å². The van der Waals surface area contributed by atoms with Gasteiger partial charge >= 0.3 is 0 Å². The highest BCUT2D eigenvalue weighted by Gasteiger charge is 2.17. The second-order valence-electron chi connectivity index (χ2n) is 14.8. The lowest BCUT2D eigenvalue weighted by Gasteiger charge is -2.14. The topological polar surface area (TPSA) is 142 Å². The molecule has 7 aromatic carbocycles. The van der Waals surface area contributed by atoms with Crippen molar-refractivity contribution in [1.82, 2.24) is 54.8 Å². The number of rotatable bonds is 6. The number of hydrogen-bond donors (Lipinski definition) is 0. The van der Waals surface area contributed by atoms with Gasteiger partial charge in [-0.25, -0.2) is 49.8 Å². The Hall–Kier alpha value is -8.83. The third-order valence-electron chi connectivity index (χ3n) is 11.1. The number of pyridine rings is 2. The fraction of sp³-hybridized carbons (Fsp3) is 0. The largest absolute Gasteiger partial charge is 0.254 e. The average Bonchev–Trinajstić information content (AvgIpc) is 3.36. The van der Waals surface area contributed by atoms with E-state index in [0.29, 0.717) is 40.6 Å². The van der Waals surface area contributed by atoms with Crippen molar-refractivity contribution >= 4 is 54.1 Å². The summed E-state index contributed by atoms with van der Waals surface area (Å²) in [4.78, 5) is 51.8. The molecule has 0 aliphatic heterocycles. The highest BCUT2D eigenvalue weighted by molar-refractivity contribution is 6.26. The molecule has 0 bridgehead atoms. The van der Waals surface area contributed by atoms with Crippen molar-refractivity contribution in [2.75, 3.05) is 0 Å². The number of benzene rings is 7. The summed E-state index contributed by atoms with van der Waals surface area (Å²) < 4.78 is 0. The van der Waals surface area contributed by atoms with Crippen molar-refractivity contribution in [3.8, 4) is 68.5 Å². The summed E-state index contributed by atoms with van der Waals surface area (Å²) in [5, 5.41) is 8.28. The molecule has 0 saturated heterocycles. The summed E-state index contributed by atoms with van der Waals surface area (Å²) in [7, 11) is 0. The van der Waals surface area contributed by atoms with E-state index in [1.807, 2.05) is 84.9 Å². The molecule has 5 heterocycles. The molecule has 0 saturated carbocycles. The van der Waals surface area contributed by atoms with Gasteiger partial charge in [-0.05, 0) is 62.6 Å². The molecule has 0 aliphatic rings. The van der Waals surface area contributed by atoms with E-state index in [9.17, 15) is 0 Å². The van der Waals surface area contributed by atoms with E-state index in [1.165, 1.54) is 0 Å². The molecule has 5 aromatic heterocycles. The van der Waals surface area contributed by atoms with Gasteiger partial charge in [0.05, 0.1) is 11.0 Å². The van der Waals surface area contributed by atoms with E-state index in [0.717, 1.165) is 81.9 Å². The molecule has 0 unspecified atom stereocenters. The highest BCUT2D eigenvalue weighted by Crippen LogP contribution is 2.40. The second-order valence-corrected chi connectivity index (χ2v) is 14.8. The van der Waals surface area contributed by atoms with Crippen LogP contribution in [0.1, 0.15) is 0 Å². The van der Waals surface area contributed by atoms with E-state index in [-0.39, 0.29) is 0 Å². The summed E-state index contributed by atoms with van der Waals surface area (Å²) in [5.74, 6) is 3.40. The van der Waals surface area contributed by atoms with Crippen molar-refractivity contribution in [2.45, 2.75) is 0 Å². The first-order valence-corrected chi connectivity index (χ1v) is 20.0. The maximum atomic E-state index is 5.00. The van der Waals surface area contributed by atoms with Crippen LogP contribution < -0.4 is 0 Å². The zero-order valence-corrected chi connectivity index (χ0v) is 32.7. The number of hydrogen-bond acceptors (Lipinski definition) is 11. The van der Waals surface area contributed by atoms with Crippen LogP contribution in [0.2, 0.25) is 0 Å². The maximum Gasteiger partial charge on any atom is 0.181 e. The molecule has 288 valence electrons. The normalized spacial score (nSPS) is 11.5. The highest BCUT2D eigenvalue weighted by atomic mass is 15.0. The molecule has 12 aromatic rings. The summed E-state index contributed by atoms with van der Waals surface area (Å²) in [6, 6.07) is 51.0. The van der Waals surface area contributed by atoms with Crippen LogP contribution in [0.25, 0.3) is 123 Å². The van der Waals surface area contributed by atoms with E-state index in [2.05, 4.69) is 102 Å². The van der Waals surface area contributed by atoms with Crippen molar-refractivity contribution in [1.29, 1.82) is 0 Å². The van der Waals surface area contributed by atoms with Crippen LogP contribution in [0.4, 0.5) is 0 Å². The van der Waals surface area contributed by atoms with Crippen LogP contribution in [0.3, 0.4) is 0 Å². The minimum atomic E-state index is 0.474. The second kappa shape index (κ2) is 14.5. The molecule has 12 rings (SSSR count). The van der Waals surface area contributed by atoms with Gasteiger partial charge in [-0.2, -0.15) is 0 Å². The molecule has 0 fully saturated rings. The molecular formula is C51H29N11. The van der Waals surface area contributed by atoms with E-state index in [4.69, 9.17) is 19.9 Å². The molecular weight excluding hydrogens is 767 g/mol. The predicted molar refractivity (Wildman–Crippen MR) is 242 cm³/mol. The Balaban J connectivity index is 1.03. The molecule has 0 atom stereocenters. The van der Waals surface area contributed by atoms with Gasteiger partial charge in [-0.15, -0.1) is 0 Å². The van der Waals surface area contributed by atoms with Crippen LogP contribution in [0.5, 0.6) is 0 Å². The van der Waals surface area contributed by atoms with Gasteiger partial charge in [0.1, 0.15) is 24.7 Å². The van der Waals surface area contributed by atoms with Crippen molar-refractivity contribution < 1.29 is 0 Å². The van der Waals surface area contributed by atoms with Crippen molar-refractivity contribution in [3.05, 3.63) is 177 Å². The molecule has 0 spiro atoms. The summed E-state index contributed by atoms with van der Waals surface area (Å²) in [6.07, 6.45) is 6.47. The Morgan fingerprint density at radius 2 is 0.677 bits per heavy atom. The lowest BCUT2D eigenvalue weighted by atomic mass is 9.91. The SMILES string of the molecule is c1ccc(-c2ncnc(-c3ccc4c(c3)c3ccc(-c5ncnc(-c6ccccc6)n5)cc3c3ccc(-c5ncnc(-c6ccc7ccc8cccnc8c7n6)n5)cc43)n2)cc1. The first-order valence-electron chi connectivity index (χ1n) is 20.0. The summed E-state index contributed by atoms with van der Waals surface area (Å²) in [5.41, 5.74) is 6.69. The Labute approximate surface area is 353 Å². The number of nitrogens with zero attached hydrogens (tertiary/aromatic N) is 11. The van der Waals surface area contributed by atoms with Crippen LogP contribution in [0.15, 0.2) is 177 Å². The van der Waals surface area contributed by atoms with E-state index >= 15 is 0 Å². The van der Waals surface area contributed by atoms with Gasteiger partial charge in [0, 0.05) is 44.8 Å². The molecule has 0 aliphatic carbocycles. The Kier molecular flexibility index (Phi) is 8.20. The smallest absolute Gasteiger partial charge is 0.181 e. The van der Waals surface area contributed by atoms with Gasteiger partial charge in [-0.1, -0.05) is 121 Å². The molecule has 62 heavy (non-hydrogen) atoms. The third kappa shape index (κ3) is 6.11. The quantitative estimate of drug-likeness (QED) is 0.148. The first kappa shape index (κ1) is 35.1. The van der Waals surface area contributed by atoms with Gasteiger partial charge in [-0.3, -0.25) is 4.98 Å². The molecule has 0 radical (unpaired) electrons. The van der Waals surface area contributed by atoms with Crippen LogP contribution >= 0.6 is 0 Å². The fourth-order valence-electron chi connectivity index (χ4n) is 8.15. The lowest BCUT2D eigenvalue weighted by Crippen LogP contribution is -1.98. The molecule has 0 N–H and O–H groups in total. The molecule has 0 amide bonds.